The maximum atomic E-state index is 2.29. The minimum absolute atomic E-state index is 1.21. The molecule has 2 aromatic heterocycles. The van der Waals surface area contributed by atoms with E-state index in [4.69, 9.17) is 0 Å². The van der Waals surface area contributed by atoms with Gasteiger partial charge in [0.25, 0.3) is 0 Å². The Bertz CT molecular complexity index is 1230. The first-order valence-corrected chi connectivity index (χ1v) is 8.61. The van der Waals surface area contributed by atoms with Crippen LogP contribution in [0, 0.1) is 6.92 Å². The van der Waals surface area contributed by atoms with Gasteiger partial charge in [-0.3, -0.25) is 0 Å². The third-order valence-electron chi connectivity index (χ3n) is 4.97. The second kappa shape index (κ2) is 5.42. The second-order valence-corrected chi connectivity index (χ2v) is 6.68. The molecule has 0 fully saturated rings. The Hall–Kier alpha value is -3.19. The van der Waals surface area contributed by atoms with E-state index in [2.05, 4.69) is 103 Å². The summed E-state index contributed by atoms with van der Waals surface area (Å²) < 4.78 is 2.18. The van der Waals surface area contributed by atoms with Crippen LogP contribution in [-0.4, -0.2) is 0 Å². The number of aromatic nitrogens is 1. The van der Waals surface area contributed by atoms with Gasteiger partial charge in [-0.05, 0) is 47.0 Å². The van der Waals surface area contributed by atoms with Crippen LogP contribution < -0.4 is 4.40 Å². The smallest absolute Gasteiger partial charge is 0.167 e. The van der Waals surface area contributed by atoms with Crippen molar-refractivity contribution in [3.63, 3.8) is 0 Å². The lowest BCUT2D eigenvalue weighted by molar-refractivity contribution is -0.510. The van der Waals surface area contributed by atoms with Gasteiger partial charge in [-0.25, -0.2) is 0 Å². The van der Waals surface area contributed by atoms with Crippen LogP contribution in [0.2, 0.25) is 0 Å². The van der Waals surface area contributed by atoms with E-state index >= 15 is 0 Å². The topological polar surface area (TPSA) is 4.10 Å². The van der Waals surface area contributed by atoms with Crippen molar-refractivity contribution in [3.8, 4) is 11.1 Å². The first-order chi connectivity index (χ1) is 12.3. The molecule has 5 aromatic rings. The number of fused-ring (bicyclic) bond motifs is 4. The highest BCUT2D eigenvalue weighted by atomic mass is 14.8. The molecule has 2 heterocycles. The molecule has 0 bridgehead atoms. The van der Waals surface area contributed by atoms with Crippen molar-refractivity contribution in [3.05, 3.63) is 96.8 Å². The summed E-state index contributed by atoms with van der Waals surface area (Å²) in [6.07, 6.45) is 4.30. The van der Waals surface area contributed by atoms with E-state index in [1.165, 1.54) is 43.8 Å². The number of rotatable bonds is 1. The minimum atomic E-state index is 1.21. The molecule has 3 aromatic carbocycles. The van der Waals surface area contributed by atoms with Gasteiger partial charge in [0.2, 0.25) is 5.52 Å². The molecule has 0 spiro atoms. The highest BCUT2D eigenvalue weighted by Crippen LogP contribution is 2.29. The van der Waals surface area contributed by atoms with Gasteiger partial charge in [0.15, 0.2) is 12.4 Å². The molecule has 0 saturated carbocycles. The first kappa shape index (κ1) is 14.2. The number of aryl methyl sites for hydroxylation is 1. The normalized spacial score (nSPS) is 11.4. The number of pyridine rings is 2. The predicted octanol–water partition coefficient (Wildman–Crippen LogP) is 5.71. The van der Waals surface area contributed by atoms with E-state index in [0.717, 1.165) is 0 Å². The SMILES string of the molecule is Cc1ccc(-c2ccc3c(ccc4c[n+]5ccccc5cc43)c2)cc1. The molecule has 0 aliphatic carbocycles. The Morgan fingerprint density at radius 2 is 1.44 bits per heavy atom. The van der Waals surface area contributed by atoms with Crippen molar-refractivity contribution in [2.75, 3.05) is 0 Å². The lowest BCUT2D eigenvalue weighted by Gasteiger charge is -2.07. The maximum absolute atomic E-state index is 2.29. The molecule has 0 saturated heterocycles. The number of benzene rings is 3. The quantitative estimate of drug-likeness (QED) is 0.212. The van der Waals surface area contributed by atoms with Gasteiger partial charge in [0.05, 0.1) is 0 Å². The molecule has 0 unspecified atom stereocenters. The molecule has 0 atom stereocenters. The van der Waals surface area contributed by atoms with Crippen LogP contribution in [0.1, 0.15) is 5.56 Å². The monoisotopic (exact) mass is 320 g/mol. The number of hydrogen-bond acceptors (Lipinski definition) is 0. The highest BCUT2D eigenvalue weighted by Gasteiger charge is 2.08. The maximum Gasteiger partial charge on any atom is 0.211 e. The van der Waals surface area contributed by atoms with E-state index in [-0.39, 0.29) is 0 Å². The molecular weight excluding hydrogens is 302 g/mol. The van der Waals surface area contributed by atoms with Gasteiger partial charge in [-0.15, -0.1) is 0 Å². The summed E-state index contributed by atoms with van der Waals surface area (Å²) in [5.74, 6) is 0. The molecule has 1 nitrogen and oxygen atoms in total. The van der Waals surface area contributed by atoms with Crippen molar-refractivity contribution in [2.45, 2.75) is 6.92 Å². The molecule has 118 valence electrons. The van der Waals surface area contributed by atoms with Crippen molar-refractivity contribution in [2.24, 2.45) is 0 Å². The van der Waals surface area contributed by atoms with Crippen molar-refractivity contribution in [1.29, 1.82) is 0 Å². The summed E-state index contributed by atoms with van der Waals surface area (Å²) in [7, 11) is 0. The minimum Gasteiger partial charge on any atom is -0.167 e. The second-order valence-electron chi connectivity index (χ2n) is 6.68. The van der Waals surface area contributed by atoms with Gasteiger partial charge < -0.3 is 0 Å². The van der Waals surface area contributed by atoms with Crippen molar-refractivity contribution < 1.29 is 4.40 Å². The molecular formula is C24H18N+. The fourth-order valence-corrected chi connectivity index (χ4v) is 3.58. The molecule has 1 heteroatoms. The zero-order valence-electron chi connectivity index (χ0n) is 14.1. The first-order valence-electron chi connectivity index (χ1n) is 8.61. The number of nitrogens with zero attached hydrogens (tertiary/aromatic N) is 1. The summed E-state index contributed by atoms with van der Waals surface area (Å²) in [5, 5.41) is 5.16. The Kier molecular flexibility index (Phi) is 3.07. The van der Waals surface area contributed by atoms with Crippen LogP contribution in [0.25, 0.3) is 38.2 Å². The van der Waals surface area contributed by atoms with Crippen molar-refractivity contribution in [1.82, 2.24) is 0 Å². The van der Waals surface area contributed by atoms with E-state index in [9.17, 15) is 0 Å². The zero-order valence-corrected chi connectivity index (χ0v) is 14.1. The molecule has 0 aliphatic heterocycles. The van der Waals surface area contributed by atoms with Gasteiger partial charge in [-0.1, -0.05) is 48.0 Å². The van der Waals surface area contributed by atoms with Crippen LogP contribution in [0.4, 0.5) is 0 Å². The molecule has 0 N–H and O–H groups in total. The third-order valence-corrected chi connectivity index (χ3v) is 4.97. The summed E-state index contributed by atoms with van der Waals surface area (Å²) in [5.41, 5.74) is 5.04. The largest absolute Gasteiger partial charge is 0.211 e. The average Bonchev–Trinajstić information content (AvgIpc) is 2.66. The summed E-state index contributed by atoms with van der Waals surface area (Å²) in [6, 6.07) is 28.5. The van der Waals surface area contributed by atoms with E-state index in [0.29, 0.717) is 0 Å². The molecule has 0 radical (unpaired) electrons. The fraction of sp³-hybridized carbons (Fsp3) is 0.0417. The molecule has 5 rings (SSSR count). The van der Waals surface area contributed by atoms with Gasteiger partial charge in [0, 0.05) is 29.0 Å². The lowest BCUT2D eigenvalue weighted by atomic mass is 9.97. The Balaban J connectivity index is 1.76. The van der Waals surface area contributed by atoms with Gasteiger partial charge >= 0.3 is 0 Å². The average molecular weight is 320 g/mol. The van der Waals surface area contributed by atoms with Crippen LogP contribution in [0.15, 0.2) is 91.3 Å². The van der Waals surface area contributed by atoms with Crippen molar-refractivity contribution >= 4 is 27.1 Å². The standard InChI is InChI=1S/C24H18N/c1-17-5-7-18(8-6-17)19-11-12-23-20(14-19)9-10-21-16-25-13-3-2-4-22(25)15-24(21)23/h2-16H,1H3/q+1. The Labute approximate surface area is 146 Å². The highest BCUT2D eigenvalue weighted by molar-refractivity contribution is 6.08. The molecule has 0 aliphatic rings. The van der Waals surface area contributed by atoms with Crippen LogP contribution in [-0.2, 0) is 0 Å². The Morgan fingerprint density at radius 1 is 0.640 bits per heavy atom. The van der Waals surface area contributed by atoms with E-state index in [1.54, 1.807) is 0 Å². The Morgan fingerprint density at radius 3 is 2.32 bits per heavy atom. The molecule has 0 amide bonds. The van der Waals surface area contributed by atoms with Gasteiger partial charge in [-0.2, -0.15) is 4.40 Å². The van der Waals surface area contributed by atoms with E-state index in [1.807, 2.05) is 0 Å². The predicted molar refractivity (Wildman–Crippen MR) is 105 cm³/mol. The molecule has 25 heavy (non-hydrogen) atoms. The fourth-order valence-electron chi connectivity index (χ4n) is 3.58. The lowest BCUT2D eigenvalue weighted by Crippen LogP contribution is -2.19. The summed E-state index contributed by atoms with van der Waals surface area (Å²) in [6.45, 7) is 2.12. The van der Waals surface area contributed by atoms with E-state index < -0.39 is 0 Å². The van der Waals surface area contributed by atoms with Gasteiger partial charge in [0.1, 0.15) is 0 Å². The third kappa shape index (κ3) is 2.36. The van der Waals surface area contributed by atoms with Crippen LogP contribution in [0.5, 0.6) is 0 Å². The number of hydrogen-bond donors (Lipinski definition) is 0. The summed E-state index contributed by atoms with van der Waals surface area (Å²) in [4.78, 5) is 0. The zero-order chi connectivity index (χ0) is 16.8. The van der Waals surface area contributed by atoms with Crippen LogP contribution in [0.3, 0.4) is 0 Å². The summed E-state index contributed by atoms with van der Waals surface area (Å²) >= 11 is 0. The van der Waals surface area contributed by atoms with Crippen LogP contribution >= 0.6 is 0 Å².